The monoisotopic (exact) mass is 371 g/mol. The van der Waals surface area contributed by atoms with Gasteiger partial charge in [0.2, 0.25) is 5.24 Å². The third kappa shape index (κ3) is 4.05. The van der Waals surface area contributed by atoms with E-state index in [4.69, 9.17) is 23.2 Å². The summed E-state index contributed by atoms with van der Waals surface area (Å²) in [6.45, 7) is 3.17. The highest BCUT2D eigenvalue weighted by Gasteiger charge is 2.27. The van der Waals surface area contributed by atoms with E-state index in [9.17, 15) is 13.2 Å². The highest BCUT2D eigenvalue weighted by molar-refractivity contribution is 7.92. The number of benzene rings is 2. The van der Waals surface area contributed by atoms with Crippen LogP contribution in [0.1, 0.15) is 11.1 Å². The molecule has 0 unspecified atom stereocenters. The van der Waals surface area contributed by atoms with Crippen molar-refractivity contribution in [2.24, 2.45) is 0 Å². The largest absolute Gasteiger partial charge is 0.279 e. The predicted octanol–water partition coefficient (Wildman–Crippen LogP) is 3.92. The minimum absolute atomic E-state index is 0.0423. The van der Waals surface area contributed by atoms with Crippen LogP contribution in [0, 0.1) is 13.8 Å². The Bertz CT molecular complexity index is 833. The van der Waals surface area contributed by atoms with Crippen molar-refractivity contribution >= 4 is 44.2 Å². The van der Waals surface area contributed by atoms with Crippen LogP contribution in [0.25, 0.3) is 0 Å². The lowest BCUT2D eigenvalue weighted by Gasteiger charge is -2.25. The molecule has 0 radical (unpaired) electrons. The van der Waals surface area contributed by atoms with Crippen LogP contribution in [-0.2, 0) is 14.8 Å². The van der Waals surface area contributed by atoms with Crippen LogP contribution in [0.5, 0.6) is 0 Å². The molecule has 0 atom stereocenters. The first-order valence-electron chi connectivity index (χ1n) is 6.75. The lowest BCUT2D eigenvalue weighted by Crippen LogP contribution is -2.35. The molecule has 0 amide bonds. The summed E-state index contributed by atoms with van der Waals surface area (Å²) in [5.41, 5.74) is 2.03. The first-order chi connectivity index (χ1) is 10.7. The molecule has 23 heavy (non-hydrogen) atoms. The summed E-state index contributed by atoms with van der Waals surface area (Å²) in [5, 5.41) is -0.334. The number of nitrogens with zero attached hydrogens (tertiary/aromatic N) is 1. The number of halogens is 2. The van der Waals surface area contributed by atoms with E-state index < -0.39 is 21.8 Å². The van der Waals surface area contributed by atoms with Crippen molar-refractivity contribution in [3.05, 3.63) is 58.6 Å². The van der Waals surface area contributed by atoms with Crippen molar-refractivity contribution in [1.82, 2.24) is 0 Å². The van der Waals surface area contributed by atoms with E-state index in [0.29, 0.717) is 10.7 Å². The summed E-state index contributed by atoms with van der Waals surface area (Å²) in [7, 11) is -3.94. The first kappa shape index (κ1) is 17.8. The molecular weight excluding hydrogens is 357 g/mol. The zero-order valence-corrected chi connectivity index (χ0v) is 14.9. The van der Waals surface area contributed by atoms with E-state index in [-0.39, 0.29) is 4.90 Å². The van der Waals surface area contributed by atoms with E-state index in [1.165, 1.54) is 24.3 Å². The molecule has 2 aromatic rings. The van der Waals surface area contributed by atoms with Crippen LogP contribution in [0.3, 0.4) is 0 Å². The number of hydrogen-bond donors (Lipinski definition) is 0. The fraction of sp³-hybridized carbons (Fsp3) is 0.188. The molecule has 7 heteroatoms. The number of carbonyl (C=O) groups excluding carboxylic acids is 1. The SMILES string of the molecule is Cc1ccc(C)c(N(CC(=O)Cl)S(=O)(=O)c2ccc(Cl)cc2)c1. The average molecular weight is 372 g/mol. The van der Waals surface area contributed by atoms with Crippen LogP contribution in [0.2, 0.25) is 5.02 Å². The maximum Gasteiger partial charge on any atom is 0.264 e. The van der Waals surface area contributed by atoms with E-state index >= 15 is 0 Å². The molecule has 2 rings (SSSR count). The van der Waals surface area contributed by atoms with Crippen LogP contribution in [-0.4, -0.2) is 20.2 Å². The van der Waals surface area contributed by atoms with Gasteiger partial charge < -0.3 is 0 Å². The van der Waals surface area contributed by atoms with Gasteiger partial charge in [0, 0.05) is 5.02 Å². The van der Waals surface area contributed by atoms with Crippen LogP contribution < -0.4 is 4.31 Å². The van der Waals surface area contributed by atoms with Gasteiger partial charge in [-0.1, -0.05) is 23.7 Å². The second kappa shape index (κ2) is 6.91. The van der Waals surface area contributed by atoms with Gasteiger partial charge in [-0.3, -0.25) is 9.10 Å². The van der Waals surface area contributed by atoms with Crippen LogP contribution in [0.4, 0.5) is 5.69 Å². The van der Waals surface area contributed by atoms with Crippen LogP contribution >= 0.6 is 23.2 Å². The van der Waals surface area contributed by atoms with Gasteiger partial charge in [-0.25, -0.2) is 8.42 Å². The number of carbonyl (C=O) groups is 1. The van der Waals surface area contributed by atoms with Crippen molar-refractivity contribution < 1.29 is 13.2 Å². The molecular formula is C16H15Cl2NO3S. The summed E-state index contributed by atoms with van der Waals surface area (Å²) in [6, 6.07) is 11.1. The summed E-state index contributed by atoms with van der Waals surface area (Å²) >= 11 is 11.3. The smallest absolute Gasteiger partial charge is 0.264 e. The zero-order valence-electron chi connectivity index (χ0n) is 12.6. The van der Waals surface area contributed by atoms with Gasteiger partial charge in [-0.15, -0.1) is 0 Å². The molecule has 0 N–H and O–H groups in total. The maximum absolute atomic E-state index is 12.9. The van der Waals surface area contributed by atoms with E-state index in [2.05, 4.69) is 0 Å². The average Bonchev–Trinajstić information content (AvgIpc) is 2.47. The summed E-state index contributed by atoms with van der Waals surface area (Å²) < 4.78 is 26.9. The Hall–Kier alpha value is -1.56. The number of rotatable bonds is 5. The van der Waals surface area contributed by atoms with Gasteiger partial charge in [0.25, 0.3) is 10.0 Å². The van der Waals surface area contributed by atoms with Gasteiger partial charge in [0.1, 0.15) is 6.54 Å². The summed E-state index contributed by atoms with van der Waals surface area (Å²) in [5.74, 6) is 0. The summed E-state index contributed by atoms with van der Waals surface area (Å²) in [6.07, 6.45) is 0. The topological polar surface area (TPSA) is 54.5 Å². The molecule has 0 aliphatic carbocycles. The van der Waals surface area contributed by atoms with E-state index in [0.717, 1.165) is 15.4 Å². The van der Waals surface area contributed by atoms with Gasteiger partial charge in [-0.05, 0) is 66.9 Å². The third-order valence-electron chi connectivity index (χ3n) is 3.30. The third-order valence-corrected chi connectivity index (χ3v) is 5.45. The Kier molecular flexibility index (Phi) is 5.34. The molecule has 0 aromatic heterocycles. The molecule has 122 valence electrons. The second-order valence-corrected chi connectivity index (χ2v) is 7.83. The molecule has 0 heterocycles. The standard InChI is InChI=1S/C16H15Cl2NO3S/c1-11-3-4-12(2)15(9-11)19(10-16(18)20)23(21,22)14-7-5-13(17)6-8-14/h3-9H,10H2,1-2H3. The summed E-state index contributed by atoms with van der Waals surface area (Å²) in [4.78, 5) is 11.4. The van der Waals surface area contributed by atoms with Crippen molar-refractivity contribution in [2.45, 2.75) is 18.7 Å². The quantitative estimate of drug-likeness (QED) is 0.748. The number of hydrogen-bond acceptors (Lipinski definition) is 3. The number of anilines is 1. The predicted molar refractivity (Wildman–Crippen MR) is 92.8 cm³/mol. The molecule has 0 saturated heterocycles. The molecule has 2 aromatic carbocycles. The number of sulfonamides is 1. The molecule has 0 aliphatic heterocycles. The second-order valence-electron chi connectivity index (χ2n) is 5.11. The fourth-order valence-electron chi connectivity index (χ4n) is 2.13. The van der Waals surface area contributed by atoms with E-state index in [1.54, 1.807) is 19.1 Å². The lowest BCUT2D eigenvalue weighted by atomic mass is 10.1. The Labute approximate surface area is 145 Å². The Morgan fingerprint density at radius 3 is 2.26 bits per heavy atom. The molecule has 4 nitrogen and oxygen atoms in total. The van der Waals surface area contributed by atoms with Crippen LogP contribution in [0.15, 0.2) is 47.4 Å². The van der Waals surface area contributed by atoms with Crippen molar-refractivity contribution in [2.75, 3.05) is 10.8 Å². The molecule has 0 saturated carbocycles. The molecule has 0 bridgehead atoms. The normalized spacial score (nSPS) is 11.3. The van der Waals surface area contributed by atoms with Gasteiger partial charge in [0.05, 0.1) is 10.6 Å². The Balaban J connectivity index is 2.60. The Morgan fingerprint density at radius 1 is 1.09 bits per heavy atom. The van der Waals surface area contributed by atoms with Crippen molar-refractivity contribution in [1.29, 1.82) is 0 Å². The highest BCUT2D eigenvalue weighted by atomic mass is 35.5. The molecule has 0 aliphatic rings. The Morgan fingerprint density at radius 2 is 1.70 bits per heavy atom. The fourth-order valence-corrected chi connectivity index (χ4v) is 3.93. The number of aryl methyl sites for hydroxylation is 2. The zero-order chi connectivity index (χ0) is 17.2. The minimum atomic E-state index is -3.94. The van der Waals surface area contributed by atoms with E-state index in [1.807, 2.05) is 13.0 Å². The molecule has 0 fully saturated rings. The maximum atomic E-state index is 12.9. The lowest BCUT2D eigenvalue weighted by molar-refractivity contribution is -0.110. The van der Waals surface area contributed by atoms with Gasteiger partial charge >= 0.3 is 0 Å². The highest BCUT2D eigenvalue weighted by Crippen LogP contribution is 2.28. The van der Waals surface area contributed by atoms with Crippen molar-refractivity contribution in [3.63, 3.8) is 0 Å². The molecule has 0 spiro atoms. The van der Waals surface area contributed by atoms with Crippen molar-refractivity contribution in [3.8, 4) is 0 Å². The first-order valence-corrected chi connectivity index (χ1v) is 8.95. The van der Waals surface area contributed by atoms with Gasteiger partial charge in [-0.2, -0.15) is 0 Å². The minimum Gasteiger partial charge on any atom is -0.279 e. The van der Waals surface area contributed by atoms with Gasteiger partial charge in [0.15, 0.2) is 0 Å².